The highest BCUT2D eigenvalue weighted by Gasteiger charge is 2.39. The van der Waals surface area contributed by atoms with Crippen molar-refractivity contribution in [2.45, 2.75) is 95.5 Å². The van der Waals surface area contributed by atoms with Gasteiger partial charge in [0.25, 0.3) is 0 Å². The second-order valence-electron chi connectivity index (χ2n) is 7.02. The number of aliphatic hydroxyl groups is 3. The minimum absolute atomic E-state index is 0.0619. The van der Waals surface area contributed by atoms with Crippen molar-refractivity contribution in [2.75, 3.05) is 19.8 Å². The molecule has 3 N–H and O–H groups in total. The third kappa shape index (κ3) is 10.3. The van der Waals surface area contributed by atoms with E-state index in [4.69, 9.17) is 9.47 Å². The quantitative estimate of drug-likeness (QED) is 0.310. The Balaban J connectivity index is 1.86. The van der Waals surface area contributed by atoms with Crippen LogP contribution in [0.3, 0.4) is 0 Å². The van der Waals surface area contributed by atoms with Gasteiger partial charge in [-0.25, -0.2) is 0 Å². The Hall–Kier alpha value is -0.460. The summed E-state index contributed by atoms with van der Waals surface area (Å²) in [5.41, 5.74) is 0. The van der Waals surface area contributed by atoms with Gasteiger partial charge >= 0.3 is 0 Å². The zero-order chi connectivity index (χ0) is 18.3. The van der Waals surface area contributed by atoms with E-state index >= 15 is 0 Å². The van der Waals surface area contributed by atoms with E-state index in [-0.39, 0.29) is 13.2 Å². The summed E-state index contributed by atoms with van der Waals surface area (Å²) in [6, 6.07) is 0. The topological polar surface area (TPSA) is 79.2 Å². The first-order valence-electron chi connectivity index (χ1n) is 10.0. The van der Waals surface area contributed by atoms with E-state index in [1.807, 2.05) is 0 Å². The van der Waals surface area contributed by atoms with Gasteiger partial charge in [-0.05, 0) is 25.7 Å². The minimum atomic E-state index is -1.03. The van der Waals surface area contributed by atoms with Crippen LogP contribution in [-0.4, -0.2) is 59.6 Å². The lowest BCUT2D eigenvalue weighted by atomic mass is 10.1. The number of hydrogen-bond acceptors (Lipinski definition) is 5. The molecule has 0 amide bonds. The molecule has 1 aliphatic rings. The van der Waals surface area contributed by atoms with Gasteiger partial charge in [0, 0.05) is 6.61 Å². The Morgan fingerprint density at radius 1 is 1.00 bits per heavy atom. The van der Waals surface area contributed by atoms with E-state index in [1.165, 1.54) is 44.9 Å². The van der Waals surface area contributed by atoms with Crippen LogP contribution < -0.4 is 0 Å². The van der Waals surface area contributed by atoms with Crippen LogP contribution in [0.5, 0.6) is 0 Å². The first kappa shape index (κ1) is 22.6. The molecule has 0 unspecified atom stereocenters. The second-order valence-corrected chi connectivity index (χ2v) is 7.02. The fourth-order valence-corrected chi connectivity index (χ4v) is 3.02. The molecule has 1 fully saturated rings. The standard InChI is InChI=1S/C20H38O5/c1-2-3-4-5-6-7-8-9-10-11-12-13-14-24-15-18(22)20-19(23)17(21)16-25-20/h10-11,17-23H,2-9,12-16H2,1H3/b11-10+/t17-,18+,19-,20-/m1/s1. The van der Waals surface area contributed by atoms with Crippen LogP contribution in [0.25, 0.3) is 0 Å². The summed E-state index contributed by atoms with van der Waals surface area (Å²) in [4.78, 5) is 0. The molecule has 5 heteroatoms. The van der Waals surface area contributed by atoms with Crippen LogP contribution in [0, 0.1) is 0 Å². The number of unbranched alkanes of at least 4 members (excludes halogenated alkanes) is 8. The SMILES string of the molecule is CCCCCCCCC/C=C/CCCOC[C@H](O)[C@H]1OC[C@@H](O)[C@H]1O. The van der Waals surface area contributed by atoms with Gasteiger partial charge in [-0.3, -0.25) is 0 Å². The molecule has 0 radical (unpaired) electrons. The molecule has 1 heterocycles. The molecular weight excluding hydrogens is 320 g/mol. The molecule has 148 valence electrons. The van der Waals surface area contributed by atoms with Crippen molar-refractivity contribution in [3.8, 4) is 0 Å². The molecule has 1 rings (SSSR count). The van der Waals surface area contributed by atoms with E-state index in [1.54, 1.807) is 0 Å². The van der Waals surface area contributed by atoms with Crippen molar-refractivity contribution >= 4 is 0 Å². The molecule has 0 bridgehead atoms. The van der Waals surface area contributed by atoms with Crippen molar-refractivity contribution in [3.05, 3.63) is 12.2 Å². The fraction of sp³-hybridized carbons (Fsp3) is 0.900. The van der Waals surface area contributed by atoms with Crippen LogP contribution in [0.1, 0.15) is 71.1 Å². The third-order valence-corrected chi connectivity index (χ3v) is 4.66. The number of allylic oxidation sites excluding steroid dienone is 2. The van der Waals surface area contributed by atoms with Crippen molar-refractivity contribution in [2.24, 2.45) is 0 Å². The molecule has 25 heavy (non-hydrogen) atoms. The Bertz CT molecular complexity index is 334. The van der Waals surface area contributed by atoms with E-state index in [0.29, 0.717) is 6.61 Å². The zero-order valence-electron chi connectivity index (χ0n) is 15.8. The van der Waals surface area contributed by atoms with E-state index in [2.05, 4.69) is 19.1 Å². The highest BCUT2D eigenvalue weighted by molar-refractivity contribution is 4.87. The monoisotopic (exact) mass is 358 g/mol. The van der Waals surface area contributed by atoms with Crippen LogP contribution in [0.15, 0.2) is 12.2 Å². The summed E-state index contributed by atoms with van der Waals surface area (Å²) in [7, 11) is 0. The van der Waals surface area contributed by atoms with Gasteiger partial charge in [-0.1, -0.05) is 57.6 Å². The maximum atomic E-state index is 9.89. The summed E-state index contributed by atoms with van der Waals surface area (Å²) in [5.74, 6) is 0. The van der Waals surface area contributed by atoms with Crippen LogP contribution >= 0.6 is 0 Å². The fourth-order valence-electron chi connectivity index (χ4n) is 3.02. The Morgan fingerprint density at radius 2 is 1.64 bits per heavy atom. The van der Waals surface area contributed by atoms with Gasteiger partial charge in [-0.15, -0.1) is 0 Å². The molecule has 0 aliphatic carbocycles. The third-order valence-electron chi connectivity index (χ3n) is 4.66. The number of hydrogen-bond donors (Lipinski definition) is 3. The van der Waals surface area contributed by atoms with Crippen LogP contribution in [0.2, 0.25) is 0 Å². The number of rotatable bonds is 15. The molecule has 0 aromatic rings. The van der Waals surface area contributed by atoms with Crippen molar-refractivity contribution in [1.82, 2.24) is 0 Å². The predicted molar refractivity (Wildman–Crippen MR) is 99.6 cm³/mol. The predicted octanol–water partition coefficient (Wildman–Crippen LogP) is 2.96. The summed E-state index contributed by atoms with van der Waals surface area (Å²) < 4.78 is 10.6. The maximum absolute atomic E-state index is 9.89. The van der Waals surface area contributed by atoms with Crippen molar-refractivity contribution < 1.29 is 24.8 Å². The Kier molecular flexibility index (Phi) is 13.3. The van der Waals surface area contributed by atoms with E-state index in [0.717, 1.165) is 19.3 Å². The van der Waals surface area contributed by atoms with Gasteiger partial charge in [0.05, 0.1) is 13.2 Å². The average Bonchev–Trinajstić information content (AvgIpc) is 2.94. The molecule has 0 saturated carbocycles. The van der Waals surface area contributed by atoms with Gasteiger partial charge in [-0.2, -0.15) is 0 Å². The lowest BCUT2D eigenvalue weighted by Crippen LogP contribution is -2.40. The average molecular weight is 359 g/mol. The van der Waals surface area contributed by atoms with Crippen molar-refractivity contribution in [1.29, 1.82) is 0 Å². The van der Waals surface area contributed by atoms with E-state index in [9.17, 15) is 15.3 Å². The molecule has 0 aromatic carbocycles. The summed E-state index contributed by atoms with van der Waals surface area (Å²) in [6.45, 7) is 3.00. The lowest BCUT2D eigenvalue weighted by Gasteiger charge is -2.20. The first-order valence-corrected chi connectivity index (χ1v) is 10.0. The maximum Gasteiger partial charge on any atom is 0.114 e. The van der Waals surface area contributed by atoms with Gasteiger partial charge in [0.15, 0.2) is 0 Å². The molecule has 0 aromatic heterocycles. The first-order chi connectivity index (χ1) is 12.2. The van der Waals surface area contributed by atoms with Crippen LogP contribution in [-0.2, 0) is 9.47 Å². The van der Waals surface area contributed by atoms with Gasteiger partial charge < -0.3 is 24.8 Å². The molecule has 5 nitrogen and oxygen atoms in total. The number of aliphatic hydroxyl groups excluding tert-OH is 3. The molecule has 1 saturated heterocycles. The number of ether oxygens (including phenoxy) is 2. The molecule has 4 atom stereocenters. The molecule has 1 aliphatic heterocycles. The van der Waals surface area contributed by atoms with Gasteiger partial charge in [0.2, 0.25) is 0 Å². The smallest absolute Gasteiger partial charge is 0.114 e. The van der Waals surface area contributed by atoms with E-state index < -0.39 is 24.4 Å². The summed E-state index contributed by atoms with van der Waals surface area (Å²) in [5, 5.41) is 28.9. The van der Waals surface area contributed by atoms with Crippen LogP contribution in [0.4, 0.5) is 0 Å². The van der Waals surface area contributed by atoms with Gasteiger partial charge in [0.1, 0.15) is 24.4 Å². The highest BCUT2D eigenvalue weighted by atomic mass is 16.5. The largest absolute Gasteiger partial charge is 0.388 e. The van der Waals surface area contributed by atoms with Crippen molar-refractivity contribution in [3.63, 3.8) is 0 Å². The Morgan fingerprint density at radius 3 is 2.28 bits per heavy atom. The summed E-state index contributed by atoms with van der Waals surface area (Å²) in [6.07, 6.45) is 13.3. The normalized spacial score (nSPS) is 25.0. The molecular formula is C20H38O5. The second kappa shape index (κ2) is 14.7. The highest BCUT2D eigenvalue weighted by Crippen LogP contribution is 2.17. The Labute approximate surface area is 153 Å². The minimum Gasteiger partial charge on any atom is -0.388 e. The summed E-state index contributed by atoms with van der Waals surface area (Å²) >= 11 is 0. The lowest BCUT2D eigenvalue weighted by molar-refractivity contribution is -0.0811. The zero-order valence-corrected chi connectivity index (χ0v) is 15.8. The molecule has 0 spiro atoms.